The second-order valence-electron chi connectivity index (χ2n) is 12.0. The van der Waals surface area contributed by atoms with Gasteiger partial charge in [0.2, 0.25) is 5.91 Å². The summed E-state index contributed by atoms with van der Waals surface area (Å²) in [5.74, 6) is -1.25. The predicted octanol–water partition coefficient (Wildman–Crippen LogP) is 3.15. The molecule has 10 heteroatoms. The molecule has 0 radical (unpaired) electrons. The van der Waals surface area contributed by atoms with Gasteiger partial charge in [0.05, 0.1) is 35.1 Å². The average Bonchev–Trinajstić information content (AvgIpc) is 3.33. The van der Waals surface area contributed by atoms with Crippen LogP contribution in [0.4, 0.5) is 4.39 Å². The summed E-state index contributed by atoms with van der Waals surface area (Å²) in [7, 11) is 0. The van der Waals surface area contributed by atoms with Gasteiger partial charge >= 0.3 is 5.97 Å². The zero-order valence-corrected chi connectivity index (χ0v) is 23.2. The molecule has 1 saturated carbocycles. The van der Waals surface area contributed by atoms with Crippen LogP contribution in [-0.4, -0.2) is 32.6 Å². The standard InChI is InChI=1S/C31H33FN4O5/c1-3-31(40)20-10-24-27-18(12-36(24)29(38)19(20)13-41-30(31)39)26-22(35-28(37)15-4-6-16(33)7-5-15)9-8-17-14(2)21(32)11-23(34-27)25(17)26/h10-11,15-16,22,40H,3-9,12-13,33H2,1-2H3,(H,35,37)/t15?,16?,22-,31-/m0/s1. The molecule has 1 aromatic carbocycles. The lowest BCUT2D eigenvalue weighted by molar-refractivity contribution is -0.172. The molecule has 4 N–H and O–H groups in total. The summed E-state index contributed by atoms with van der Waals surface area (Å²) < 4.78 is 21.9. The number of aryl methyl sites for hydroxylation is 1. The van der Waals surface area contributed by atoms with Crippen molar-refractivity contribution in [2.45, 2.75) is 89.6 Å². The first kappa shape index (κ1) is 26.3. The fourth-order valence-electron chi connectivity index (χ4n) is 7.37. The summed E-state index contributed by atoms with van der Waals surface area (Å²) in [4.78, 5) is 44.6. The van der Waals surface area contributed by atoms with Crippen molar-refractivity contribution in [3.63, 3.8) is 0 Å². The van der Waals surface area contributed by atoms with Crippen LogP contribution in [0.25, 0.3) is 22.3 Å². The topological polar surface area (TPSA) is 137 Å². The number of pyridine rings is 2. The summed E-state index contributed by atoms with van der Waals surface area (Å²) >= 11 is 0. The van der Waals surface area contributed by atoms with Gasteiger partial charge in [-0.2, -0.15) is 0 Å². The van der Waals surface area contributed by atoms with E-state index >= 15 is 4.39 Å². The van der Waals surface area contributed by atoms with E-state index < -0.39 is 11.6 Å². The molecule has 3 aromatic rings. The van der Waals surface area contributed by atoms with Crippen molar-refractivity contribution in [3.05, 3.63) is 61.7 Å². The molecule has 1 fully saturated rings. The SMILES string of the molecule is CC[C@@]1(O)C(=O)OCc2c1cc1n(c2=O)Cc2c-1nc1cc(F)c(C)c3c1c2[C@@H](NC(=O)C1CCC(N)CC1)CC3. The molecule has 2 aliphatic carbocycles. The first-order valence-corrected chi connectivity index (χ1v) is 14.5. The number of hydrogen-bond acceptors (Lipinski definition) is 7. The molecule has 4 aliphatic rings. The van der Waals surface area contributed by atoms with E-state index in [9.17, 15) is 19.5 Å². The molecule has 2 atom stereocenters. The van der Waals surface area contributed by atoms with Crippen molar-refractivity contribution in [1.82, 2.24) is 14.9 Å². The van der Waals surface area contributed by atoms with Gasteiger partial charge in [0.25, 0.3) is 5.56 Å². The highest BCUT2D eigenvalue weighted by Gasteiger charge is 2.46. The third-order valence-corrected chi connectivity index (χ3v) is 9.84. The highest BCUT2D eigenvalue weighted by Crippen LogP contribution is 2.46. The van der Waals surface area contributed by atoms with Crippen LogP contribution >= 0.6 is 0 Å². The monoisotopic (exact) mass is 560 g/mol. The van der Waals surface area contributed by atoms with E-state index in [1.165, 1.54) is 6.07 Å². The van der Waals surface area contributed by atoms with E-state index in [1.807, 2.05) is 0 Å². The van der Waals surface area contributed by atoms with Crippen LogP contribution in [0.15, 0.2) is 16.9 Å². The molecular weight excluding hydrogens is 527 g/mol. The molecule has 0 unspecified atom stereocenters. The van der Waals surface area contributed by atoms with Crippen molar-refractivity contribution in [2.75, 3.05) is 0 Å². The van der Waals surface area contributed by atoms with Crippen molar-refractivity contribution in [2.24, 2.45) is 11.7 Å². The van der Waals surface area contributed by atoms with Gasteiger partial charge < -0.3 is 25.5 Å². The Kier molecular flexibility index (Phi) is 5.89. The number of aliphatic hydroxyl groups is 1. The quantitative estimate of drug-likeness (QED) is 0.328. The smallest absolute Gasteiger partial charge is 0.343 e. The summed E-state index contributed by atoms with van der Waals surface area (Å²) in [6, 6.07) is 2.89. The largest absolute Gasteiger partial charge is 0.458 e. The van der Waals surface area contributed by atoms with Crippen LogP contribution in [0.1, 0.15) is 84.9 Å². The average molecular weight is 561 g/mol. The van der Waals surface area contributed by atoms with Gasteiger partial charge in [0, 0.05) is 34.5 Å². The Morgan fingerprint density at radius 3 is 2.68 bits per heavy atom. The second-order valence-corrected chi connectivity index (χ2v) is 12.0. The molecule has 214 valence electrons. The highest BCUT2D eigenvalue weighted by atomic mass is 19.1. The zero-order valence-electron chi connectivity index (χ0n) is 23.2. The van der Waals surface area contributed by atoms with Crippen LogP contribution < -0.4 is 16.6 Å². The minimum atomic E-state index is -1.94. The number of halogens is 1. The van der Waals surface area contributed by atoms with Gasteiger partial charge in [-0.3, -0.25) is 9.59 Å². The van der Waals surface area contributed by atoms with Crippen LogP contribution in [0.5, 0.6) is 0 Å². The second kappa shape index (κ2) is 9.19. The number of benzene rings is 1. The van der Waals surface area contributed by atoms with Gasteiger partial charge in [-0.05, 0) is 74.6 Å². The van der Waals surface area contributed by atoms with E-state index in [1.54, 1.807) is 24.5 Å². The Hall–Kier alpha value is -3.63. The maximum atomic E-state index is 15.1. The molecule has 2 aromatic heterocycles. The lowest BCUT2D eigenvalue weighted by Gasteiger charge is -2.32. The van der Waals surface area contributed by atoms with Crippen LogP contribution in [0, 0.1) is 18.7 Å². The fraction of sp³-hybridized carbons (Fsp3) is 0.484. The van der Waals surface area contributed by atoms with E-state index in [0.717, 1.165) is 47.8 Å². The summed E-state index contributed by atoms with van der Waals surface area (Å²) in [5, 5.41) is 15.4. The summed E-state index contributed by atoms with van der Waals surface area (Å²) in [6.45, 7) is 3.42. The van der Waals surface area contributed by atoms with Crippen molar-refractivity contribution >= 4 is 22.8 Å². The number of nitrogens with zero attached hydrogens (tertiary/aromatic N) is 2. The van der Waals surface area contributed by atoms with Gasteiger partial charge in [0.1, 0.15) is 12.4 Å². The lowest BCUT2D eigenvalue weighted by Crippen LogP contribution is -2.44. The number of aromatic nitrogens is 2. The van der Waals surface area contributed by atoms with Crippen molar-refractivity contribution < 1.29 is 23.8 Å². The molecule has 2 aliphatic heterocycles. The predicted molar refractivity (Wildman–Crippen MR) is 148 cm³/mol. The van der Waals surface area contributed by atoms with Gasteiger partial charge in [-0.15, -0.1) is 0 Å². The number of carbonyl (C=O) groups is 2. The van der Waals surface area contributed by atoms with E-state index in [4.69, 9.17) is 15.5 Å². The number of cyclic esters (lactones) is 1. The van der Waals surface area contributed by atoms with Crippen LogP contribution in [0.3, 0.4) is 0 Å². The normalized spacial score (nSPS) is 26.3. The Labute approximate surface area is 235 Å². The first-order valence-electron chi connectivity index (χ1n) is 14.5. The molecule has 41 heavy (non-hydrogen) atoms. The Morgan fingerprint density at radius 1 is 1.20 bits per heavy atom. The third kappa shape index (κ3) is 3.73. The number of hydrogen-bond donors (Lipinski definition) is 3. The number of nitrogens with one attached hydrogen (secondary N) is 1. The molecule has 0 spiro atoms. The van der Waals surface area contributed by atoms with Crippen molar-refractivity contribution in [1.29, 1.82) is 0 Å². The maximum Gasteiger partial charge on any atom is 0.343 e. The minimum Gasteiger partial charge on any atom is -0.458 e. The maximum absolute atomic E-state index is 15.1. The van der Waals surface area contributed by atoms with Crippen molar-refractivity contribution in [3.8, 4) is 11.4 Å². The third-order valence-electron chi connectivity index (χ3n) is 9.84. The minimum absolute atomic E-state index is 0.00490. The molecule has 4 heterocycles. The Bertz CT molecular complexity index is 1720. The summed E-state index contributed by atoms with van der Waals surface area (Å²) in [6.07, 6.45) is 4.37. The number of nitrogens with two attached hydrogens (primary N) is 1. The number of fused-ring (bicyclic) bond motifs is 5. The molecule has 9 nitrogen and oxygen atoms in total. The highest BCUT2D eigenvalue weighted by molar-refractivity contribution is 5.94. The number of ether oxygens (including phenoxy) is 1. The van der Waals surface area contributed by atoms with Gasteiger partial charge in [0.15, 0.2) is 5.60 Å². The van der Waals surface area contributed by atoms with E-state index in [0.29, 0.717) is 35.3 Å². The number of rotatable bonds is 3. The molecule has 0 bridgehead atoms. The van der Waals surface area contributed by atoms with Crippen LogP contribution in [-0.2, 0) is 39.5 Å². The molecule has 1 amide bonds. The van der Waals surface area contributed by atoms with Gasteiger partial charge in [-0.1, -0.05) is 6.92 Å². The number of esters is 1. The Balaban J connectivity index is 1.41. The first-order chi connectivity index (χ1) is 19.6. The van der Waals surface area contributed by atoms with Gasteiger partial charge in [-0.25, -0.2) is 14.2 Å². The Morgan fingerprint density at radius 2 is 1.95 bits per heavy atom. The molecule has 0 saturated heterocycles. The van der Waals surface area contributed by atoms with E-state index in [2.05, 4.69) is 5.32 Å². The van der Waals surface area contributed by atoms with E-state index in [-0.39, 0.29) is 66.0 Å². The number of amides is 1. The summed E-state index contributed by atoms with van der Waals surface area (Å²) in [5.41, 5.74) is 8.78. The zero-order chi connectivity index (χ0) is 28.8. The van der Waals surface area contributed by atoms with Crippen LogP contribution in [0.2, 0.25) is 0 Å². The lowest BCUT2D eigenvalue weighted by atomic mass is 9.80. The molecular formula is C31H33FN4O5. The number of carbonyl (C=O) groups excluding carboxylic acids is 2. The molecule has 7 rings (SSSR count). The fourth-order valence-corrected chi connectivity index (χ4v) is 7.37.